The Balaban J connectivity index is 1.67. The van der Waals surface area contributed by atoms with Crippen LogP contribution in [0, 0.1) is 17.6 Å². The number of methoxy groups -OCH3 is 1. The predicted molar refractivity (Wildman–Crippen MR) is 94.5 cm³/mol. The Morgan fingerprint density at radius 2 is 2.19 bits per heavy atom. The summed E-state index contributed by atoms with van der Waals surface area (Å²) < 4.78 is 32.3. The molecular weight excluding hydrogens is 356 g/mol. The summed E-state index contributed by atoms with van der Waals surface area (Å²) in [7, 11) is 1.59. The van der Waals surface area contributed by atoms with Crippen LogP contribution in [0.5, 0.6) is 0 Å². The lowest BCUT2D eigenvalue weighted by Gasteiger charge is -2.39. The van der Waals surface area contributed by atoms with E-state index < -0.39 is 23.6 Å². The zero-order valence-electron chi connectivity index (χ0n) is 15.2. The topological polar surface area (TPSA) is 79.5 Å². The highest BCUT2D eigenvalue weighted by molar-refractivity contribution is 5.99. The molecule has 1 saturated heterocycles. The highest BCUT2D eigenvalue weighted by Crippen LogP contribution is 2.26. The van der Waals surface area contributed by atoms with Crippen molar-refractivity contribution in [1.82, 2.24) is 16.0 Å². The lowest BCUT2D eigenvalue weighted by Crippen LogP contribution is -2.57. The number of benzene rings is 1. The van der Waals surface area contributed by atoms with E-state index in [2.05, 4.69) is 16.0 Å². The molecule has 3 N–H and O–H groups in total. The third-order valence-corrected chi connectivity index (χ3v) is 5.03. The van der Waals surface area contributed by atoms with Gasteiger partial charge >= 0.3 is 0 Å². The van der Waals surface area contributed by atoms with Gasteiger partial charge in [0.2, 0.25) is 11.8 Å². The first kappa shape index (κ1) is 19.4. The zero-order valence-corrected chi connectivity index (χ0v) is 15.2. The van der Waals surface area contributed by atoms with E-state index >= 15 is 0 Å². The van der Waals surface area contributed by atoms with Gasteiger partial charge < -0.3 is 15.4 Å². The molecule has 1 aromatic carbocycles. The first-order valence-corrected chi connectivity index (χ1v) is 8.91. The molecule has 0 saturated carbocycles. The second-order valence-corrected chi connectivity index (χ2v) is 6.88. The van der Waals surface area contributed by atoms with Crippen LogP contribution in [0.25, 0.3) is 0 Å². The minimum Gasteiger partial charge on any atom is -0.366 e. The van der Waals surface area contributed by atoms with Crippen molar-refractivity contribution in [2.45, 2.75) is 38.1 Å². The van der Waals surface area contributed by atoms with E-state index in [1.807, 2.05) is 0 Å². The van der Waals surface area contributed by atoms with Gasteiger partial charge in [0.15, 0.2) is 0 Å². The standard InChI is InChI=1S/C19H23F2N3O3/c1-10(13-4-3-12(20)9-15(13)21)23-17(25)8-11-7-14-16(24-18(11)26)5-6-22-19(14)27-2/h3-4,7,9-10,14,16,19,22H,5-6,8H2,1-2H3,(H,23,25)(H,24,26)/t10-,14?,16?,19?/m0/s1. The van der Waals surface area contributed by atoms with Gasteiger partial charge in [0.05, 0.1) is 12.5 Å². The Bertz CT molecular complexity index is 769. The van der Waals surface area contributed by atoms with Crippen molar-refractivity contribution in [1.29, 1.82) is 0 Å². The normalized spacial score (nSPS) is 25.9. The molecule has 6 nitrogen and oxygen atoms in total. The number of hydrogen-bond acceptors (Lipinski definition) is 4. The SMILES string of the molecule is COC1NCCC2NC(=O)C(CC(=O)N[C@@H](C)c3ccc(F)cc3F)=CC21. The number of piperidine rings is 1. The van der Waals surface area contributed by atoms with Crippen molar-refractivity contribution in [3.05, 3.63) is 47.0 Å². The average Bonchev–Trinajstić information content (AvgIpc) is 2.61. The zero-order chi connectivity index (χ0) is 19.6. The Morgan fingerprint density at radius 1 is 1.41 bits per heavy atom. The van der Waals surface area contributed by atoms with E-state index in [1.165, 1.54) is 6.07 Å². The van der Waals surface area contributed by atoms with Crippen LogP contribution < -0.4 is 16.0 Å². The lowest BCUT2D eigenvalue weighted by molar-refractivity contribution is -0.125. The molecule has 1 aromatic rings. The molecule has 0 radical (unpaired) electrons. The molecule has 0 bridgehead atoms. The molecule has 0 aromatic heterocycles. The first-order chi connectivity index (χ1) is 12.9. The number of ether oxygens (including phenoxy) is 1. The van der Waals surface area contributed by atoms with Crippen molar-refractivity contribution in [3.8, 4) is 0 Å². The largest absolute Gasteiger partial charge is 0.366 e. The van der Waals surface area contributed by atoms with Crippen LogP contribution in [0.15, 0.2) is 29.8 Å². The predicted octanol–water partition coefficient (Wildman–Crippen LogP) is 1.54. The Morgan fingerprint density at radius 3 is 2.89 bits per heavy atom. The molecular formula is C19H23F2N3O3. The van der Waals surface area contributed by atoms with Crippen molar-refractivity contribution < 1.29 is 23.1 Å². The fourth-order valence-electron chi connectivity index (χ4n) is 3.64. The summed E-state index contributed by atoms with van der Waals surface area (Å²) in [5.74, 6) is -2.15. The van der Waals surface area contributed by atoms with Gasteiger partial charge in [-0.1, -0.05) is 12.1 Å². The number of carbonyl (C=O) groups is 2. The summed E-state index contributed by atoms with van der Waals surface area (Å²) in [6, 6.07) is 2.53. The molecule has 0 aliphatic carbocycles. The smallest absolute Gasteiger partial charge is 0.247 e. The second kappa shape index (κ2) is 8.14. The number of nitrogens with one attached hydrogen (secondary N) is 3. The van der Waals surface area contributed by atoms with Crippen LogP contribution in [0.4, 0.5) is 8.78 Å². The van der Waals surface area contributed by atoms with Crippen LogP contribution >= 0.6 is 0 Å². The molecule has 4 atom stereocenters. The summed E-state index contributed by atoms with van der Waals surface area (Å²) in [5, 5.41) is 8.81. The highest BCUT2D eigenvalue weighted by Gasteiger charge is 2.37. The summed E-state index contributed by atoms with van der Waals surface area (Å²) in [4.78, 5) is 24.7. The number of amides is 2. The fourth-order valence-corrected chi connectivity index (χ4v) is 3.64. The number of halogens is 2. The maximum atomic E-state index is 13.9. The van der Waals surface area contributed by atoms with E-state index in [4.69, 9.17) is 4.74 Å². The summed E-state index contributed by atoms with van der Waals surface area (Å²) in [6.45, 7) is 2.34. The molecule has 1 fully saturated rings. The van der Waals surface area contributed by atoms with Gasteiger partial charge in [0.1, 0.15) is 17.9 Å². The number of hydrogen-bond donors (Lipinski definition) is 3. The number of carbonyl (C=O) groups excluding carboxylic acids is 2. The van der Waals surface area contributed by atoms with Crippen LogP contribution in [-0.2, 0) is 14.3 Å². The van der Waals surface area contributed by atoms with Crippen LogP contribution in [0.1, 0.15) is 31.4 Å². The molecule has 8 heteroatoms. The van der Waals surface area contributed by atoms with Crippen molar-refractivity contribution in [3.63, 3.8) is 0 Å². The van der Waals surface area contributed by atoms with Crippen LogP contribution in [0.2, 0.25) is 0 Å². The quantitative estimate of drug-likeness (QED) is 0.725. The van der Waals surface area contributed by atoms with Crippen molar-refractivity contribution in [2.24, 2.45) is 5.92 Å². The molecule has 3 unspecified atom stereocenters. The van der Waals surface area contributed by atoms with E-state index in [0.29, 0.717) is 5.57 Å². The second-order valence-electron chi connectivity index (χ2n) is 6.88. The van der Waals surface area contributed by atoms with Crippen molar-refractivity contribution >= 4 is 11.8 Å². The maximum absolute atomic E-state index is 13.9. The minimum absolute atomic E-state index is 0.0252. The molecule has 3 rings (SSSR count). The molecule has 0 spiro atoms. The van der Waals surface area contributed by atoms with Gasteiger partial charge in [-0.2, -0.15) is 0 Å². The van der Waals surface area contributed by atoms with Crippen LogP contribution in [-0.4, -0.2) is 37.7 Å². The van der Waals surface area contributed by atoms with Crippen molar-refractivity contribution in [2.75, 3.05) is 13.7 Å². The Hall–Kier alpha value is -2.32. The third kappa shape index (κ3) is 4.33. The first-order valence-electron chi connectivity index (χ1n) is 8.91. The molecule has 2 amide bonds. The van der Waals surface area contributed by atoms with Gasteiger partial charge in [0, 0.05) is 36.3 Å². The molecule has 27 heavy (non-hydrogen) atoms. The summed E-state index contributed by atoms with van der Waals surface area (Å²) in [6.07, 6.45) is 2.22. The number of fused-ring (bicyclic) bond motifs is 1. The van der Waals surface area contributed by atoms with Crippen LogP contribution in [0.3, 0.4) is 0 Å². The Labute approximate surface area is 156 Å². The summed E-state index contributed by atoms with van der Waals surface area (Å²) >= 11 is 0. The minimum atomic E-state index is -0.725. The summed E-state index contributed by atoms with van der Waals surface area (Å²) in [5.41, 5.74) is 0.536. The monoisotopic (exact) mass is 379 g/mol. The maximum Gasteiger partial charge on any atom is 0.247 e. The van der Waals surface area contributed by atoms with Gasteiger partial charge in [0.25, 0.3) is 0 Å². The molecule has 2 aliphatic heterocycles. The van der Waals surface area contributed by atoms with E-state index in [9.17, 15) is 18.4 Å². The molecule has 2 heterocycles. The average molecular weight is 379 g/mol. The van der Waals surface area contributed by atoms with E-state index in [0.717, 1.165) is 25.1 Å². The fraction of sp³-hybridized carbons (Fsp3) is 0.474. The van der Waals surface area contributed by atoms with Gasteiger partial charge in [-0.15, -0.1) is 0 Å². The number of rotatable bonds is 5. The molecule has 146 valence electrons. The van der Waals surface area contributed by atoms with Gasteiger partial charge in [-0.3, -0.25) is 14.9 Å². The third-order valence-electron chi connectivity index (χ3n) is 5.03. The Kier molecular flexibility index (Phi) is 5.86. The van der Waals surface area contributed by atoms with Gasteiger partial charge in [-0.05, 0) is 26.0 Å². The highest BCUT2D eigenvalue weighted by atomic mass is 19.1. The lowest BCUT2D eigenvalue weighted by atomic mass is 9.85. The molecule has 2 aliphatic rings. The van der Waals surface area contributed by atoms with E-state index in [1.54, 1.807) is 20.1 Å². The van der Waals surface area contributed by atoms with Gasteiger partial charge in [-0.25, -0.2) is 8.78 Å². The van der Waals surface area contributed by atoms with E-state index in [-0.39, 0.29) is 36.1 Å².